The van der Waals surface area contributed by atoms with Gasteiger partial charge < -0.3 is 14.4 Å². The number of nitrogens with zero attached hydrogens (tertiary/aromatic N) is 4. The van der Waals surface area contributed by atoms with Gasteiger partial charge in [-0.1, -0.05) is 54.6 Å². The van der Waals surface area contributed by atoms with E-state index in [4.69, 9.17) is 9.47 Å². The van der Waals surface area contributed by atoms with Gasteiger partial charge in [-0.2, -0.15) is 4.31 Å². The van der Waals surface area contributed by atoms with Gasteiger partial charge in [0.2, 0.25) is 10.0 Å². The van der Waals surface area contributed by atoms with Crippen LogP contribution in [-0.2, 0) is 32.6 Å². The molecule has 3 aromatic carbocycles. The predicted molar refractivity (Wildman–Crippen MR) is 171 cm³/mol. The molecule has 1 aromatic heterocycles. The number of aromatic nitrogens is 1. The number of esters is 1. The van der Waals surface area contributed by atoms with Crippen LogP contribution >= 0.6 is 0 Å². The van der Waals surface area contributed by atoms with Crippen molar-refractivity contribution in [2.45, 2.75) is 37.3 Å². The zero-order valence-electron chi connectivity index (χ0n) is 25.5. The van der Waals surface area contributed by atoms with E-state index < -0.39 is 22.0 Å². The molecular weight excluding hydrogens is 592 g/mol. The van der Waals surface area contributed by atoms with Gasteiger partial charge in [0.05, 0.1) is 4.90 Å². The van der Waals surface area contributed by atoms with Crippen LogP contribution in [0.1, 0.15) is 24.5 Å². The zero-order valence-corrected chi connectivity index (χ0v) is 26.4. The lowest BCUT2D eigenvalue weighted by molar-refractivity contribution is -0.131. The van der Waals surface area contributed by atoms with E-state index in [2.05, 4.69) is 9.88 Å². The quantitative estimate of drug-likeness (QED) is 0.183. The summed E-state index contributed by atoms with van der Waals surface area (Å²) in [5.41, 5.74) is 1.83. The Kier molecular flexibility index (Phi) is 10.4. The number of ether oxygens (including phenoxy) is 2. The van der Waals surface area contributed by atoms with Gasteiger partial charge in [-0.15, -0.1) is 0 Å². The summed E-state index contributed by atoms with van der Waals surface area (Å²) in [5.74, 6) is 0.0239. The van der Waals surface area contributed by atoms with Crippen molar-refractivity contribution >= 4 is 32.9 Å². The van der Waals surface area contributed by atoms with Crippen molar-refractivity contribution in [1.82, 2.24) is 19.1 Å². The van der Waals surface area contributed by atoms with E-state index in [0.717, 1.165) is 22.9 Å². The topological polar surface area (TPSA) is 109 Å². The van der Waals surface area contributed by atoms with Crippen molar-refractivity contribution in [3.63, 3.8) is 0 Å². The van der Waals surface area contributed by atoms with Crippen LogP contribution in [0.25, 0.3) is 10.8 Å². The fourth-order valence-electron chi connectivity index (χ4n) is 5.55. The van der Waals surface area contributed by atoms with Gasteiger partial charge >= 0.3 is 12.1 Å². The molecule has 5 rings (SSSR count). The molecular formula is C34H38N4O6S. The third-order valence-electron chi connectivity index (χ3n) is 7.99. The van der Waals surface area contributed by atoms with Crippen molar-refractivity contribution in [1.29, 1.82) is 0 Å². The molecule has 45 heavy (non-hydrogen) atoms. The van der Waals surface area contributed by atoms with Crippen LogP contribution in [0.2, 0.25) is 0 Å². The van der Waals surface area contributed by atoms with Gasteiger partial charge in [0.15, 0.2) is 0 Å². The van der Waals surface area contributed by atoms with Crippen molar-refractivity contribution in [3.05, 3.63) is 102 Å². The number of carbonyl (C=O) groups excluding carboxylic acids is 2. The highest BCUT2D eigenvalue weighted by Crippen LogP contribution is 2.27. The van der Waals surface area contributed by atoms with Crippen molar-refractivity contribution in [2.24, 2.45) is 0 Å². The second-order valence-electron chi connectivity index (χ2n) is 11.2. The lowest BCUT2D eigenvalue weighted by Crippen LogP contribution is -2.47. The second kappa shape index (κ2) is 14.6. The molecule has 1 amide bonds. The normalized spacial score (nSPS) is 15.0. The first-order chi connectivity index (χ1) is 21.7. The van der Waals surface area contributed by atoms with Gasteiger partial charge in [0.1, 0.15) is 12.4 Å². The minimum Gasteiger partial charge on any atom is -0.445 e. The van der Waals surface area contributed by atoms with Crippen LogP contribution in [-0.4, -0.2) is 85.4 Å². The first-order valence-electron chi connectivity index (χ1n) is 15.0. The Balaban J connectivity index is 1.33. The van der Waals surface area contributed by atoms with E-state index in [1.165, 1.54) is 11.2 Å². The van der Waals surface area contributed by atoms with Crippen LogP contribution in [0.5, 0.6) is 5.75 Å². The predicted octanol–water partition coefficient (Wildman–Crippen LogP) is 4.74. The van der Waals surface area contributed by atoms with Crippen LogP contribution < -0.4 is 4.74 Å². The number of amides is 1. The largest absolute Gasteiger partial charge is 0.445 e. The van der Waals surface area contributed by atoms with Crippen LogP contribution in [0.3, 0.4) is 0 Å². The number of benzene rings is 3. The molecule has 10 nitrogen and oxygen atoms in total. The molecule has 0 radical (unpaired) electrons. The van der Waals surface area contributed by atoms with E-state index in [1.807, 2.05) is 48.5 Å². The lowest BCUT2D eigenvalue weighted by atomic mass is 10.1. The monoisotopic (exact) mass is 630 g/mol. The Hall–Kier alpha value is -4.32. The highest BCUT2D eigenvalue weighted by Gasteiger charge is 2.32. The molecule has 1 saturated heterocycles. The average molecular weight is 631 g/mol. The first kappa shape index (κ1) is 32.1. The smallest absolute Gasteiger partial charge is 0.410 e. The van der Waals surface area contributed by atoms with Crippen molar-refractivity contribution in [3.8, 4) is 5.75 Å². The highest BCUT2D eigenvalue weighted by atomic mass is 32.2. The Bertz CT molecular complexity index is 1710. The molecule has 2 heterocycles. The number of hydrogen-bond donors (Lipinski definition) is 0. The molecule has 236 valence electrons. The molecule has 0 N–H and O–H groups in total. The van der Waals surface area contributed by atoms with Gasteiger partial charge in [0.25, 0.3) is 0 Å². The molecule has 0 spiro atoms. The van der Waals surface area contributed by atoms with E-state index in [9.17, 15) is 18.0 Å². The fourth-order valence-corrected chi connectivity index (χ4v) is 7.11. The number of sulfonamides is 1. The molecule has 0 aliphatic carbocycles. The maximum Gasteiger partial charge on any atom is 0.410 e. The minimum atomic E-state index is -3.90. The summed E-state index contributed by atoms with van der Waals surface area (Å²) < 4.78 is 40.5. The van der Waals surface area contributed by atoms with Crippen LogP contribution in [0.4, 0.5) is 4.79 Å². The first-order valence-corrected chi connectivity index (χ1v) is 16.4. The molecule has 1 atom stereocenters. The number of carbonyl (C=O) groups is 2. The van der Waals surface area contributed by atoms with E-state index >= 15 is 0 Å². The Morgan fingerprint density at radius 3 is 2.44 bits per heavy atom. The summed E-state index contributed by atoms with van der Waals surface area (Å²) >= 11 is 0. The molecule has 1 aliphatic heterocycles. The number of fused-ring (bicyclic) bond motifs is 1. The molecule has 1 aliphatic rings. The number of likely N-dealkylation sites (N-methyl/N-ethyl adjacent to an activating group) is 1. The number of rotatable bonds is 10. The third-order valence-corrected chi connectivity index (χ3v) is 9.96. The van der Waals surface area contributed by atoms with E-state index in [1.54, 1.807) is 54.7 Å². The standard InChI is InChI=1S/C34H38N4O6S/c1-26(39)44-31-14-12-27(13-15-31)22-30(36(2)45(41,42)33-11-6-10-29-23-35-17-16-32(29)33)24-37-18-7-19-38(21-20-37)34(40)43-25-28-8-4-3-5-9-28/h3-6,8-17,23,30H,7,18-22,24-25H2,1-2H3. The molecule has 4 aromatic rings. The number of hydrogen-bond acceptors (Lipinski definition) is 8. The fraction of sp³-hybridized carbons (Fsp3) is 0.324. The van der Waals surface area contributed by atoms with E-state index in [-0.39, 0.29) is 17.6 Å². The van der Waals surface area contributed by atoms with Gasteiger partial charge in [0, 0.05) is 69.4 Å². The van der Waals surface area contributed by atoms with E-state index in [0.29, 0.717) is 50.3 Å². The average Bonchev–Trinajstić information content (AvgIpc) is 3.29. The number of pyridine rings is 1. The van der Waals surface area contributed by atoms with Crippen molar-refractivity contribution < 1.29 is 27.5 Å². The Morgan fingerprint density at radius 2 is 1.69 bits per heavy atom. The summed E-state index contributed by atoms with van der Waals surface area (Å²) in [7, 11) is -2.28. The molecule has 0 saturated carbocycles. The second-order valence-corrected chi connectivity index (χ2v) is 13.1. The van der Waals surface area contributed by atoms with Crippen LogP contribution in [0.15, 0.2) is 96.2 Å². The summed E-state index contributed by atoms with van der Waals surface area (Å²) in [4.78, 5) is 32.5. The summed E-state index contributed by atoms with van der Waals surface area (Å²) in [6.45, 7) is 4.34. The van der Waals surface area contributed by atoms with Gasteiger partial charge in [-0.05, 0) is 54.8 Å². The molecule has 1 unspecified atom stereocenters. The zero-order chi connectivity index (χ0) is 31.8. The minimum absolute atomic E-state index is 0.213. The lowest BCUT2D eigenvalue weighted by Gasteiger charge is -2.32. The maximum atomic E-state index is 14.2. The van der Waals surface area contributed by atoms with Crippen LogP contribution in [0, 0.1) is 0 Å². The SMILES string of the molecule is CC(=O)Oc1ccc(CC(CN2CCCN(C(=O)OCc3ccccc3)CC2)N(C)S(=O)(=O)c2cccc3cnccc23)cc1. The highest BCUT2D eigenvalue weighted by molar-refractivity contribution is 7.89. The Morgan fingerprint density at radius 1 is 0.911 bits per heavy atom. The summed E-state index contributed by atoms with van der Waals surface area (Å²) in [5, 5.41) is 1.36. The summed E-state index contributed by atoms with van der Waals surface area (Å²) in [6, 6.07) is 23.2. The van der Waals surface area contributed by atoms with Crippen molar-refractivity contribution in [2.75, 3.05) is 39.8 Å². The molecule has 0 bridgehead atoms. The van der Waals surface area contributed by atoms with Gasteiger partial charge in [-0.3, -0.25) is 14.7 Å². The van der Waals surface area contributed by atoms with Gasteiger partial charge in [-0.25, -0.2) is 13.2 Å². The third kappa shape index (κ3) is 8.24. The molecule has 11 heteroatoms. The Labute approximate surface area is 264 Å². The maximum absolute atomic E-state index is 14.2. The summed E-state index contributed by atoms with van der Waals surface area (Å²) in [6.07, 6.45) is 4.07. The molecule has 1 fully saturated rings.